The lowest BCUT2D eigenvalue weighted by Gasteiger charge is -2.06. The molecule has 0 aliphatic rings. The highest BCUT2D eigenvalue weighted by Gasteiger charge is 2.08. The highest BCUT2D eigenvalue weighted by atomic mass is 35.5. The second-order valence-electron chi connectivity index (χ2n) is 7.08. The molecule has 0 saturated heterocycles. The number of ether oxygens (including phenoxy) is 1. The van der Waals surface area contributed by atoms with Gasteiger partial charge in [-0.15, -0.1) is 11.3 Å². The fourth-order valence-electron chi connectivity index (χ4n) is 2.86. The number of aromatic nitrogens is 1. The first-order valence-electron chi connectivity index (χ1n) is 10.2. The van der Waals surface area contributed by atoms with Crippen LogP contribution in [0.4, 0.5) is 0 Å². The van der Waals surface area contributed by atoms with E-state index in [2.05, 4.69) is 15.5 Å². The maximum absolute atomic E-state index is 12.1. The minimum Gasteiger partial charge on any atom is -0.489 e. The summed E-state index contributed by atoms with van der Waals surface area (Å²) >= 11 is 14.8. The van der Waals surface area contributed by atoms with E-state index in [1.54, 1.807) is 6.21 Å². The smallest absolute Gasteiger partial charge is 0.250 e. The molecule has 0 saturated carbocycles. The van der Waals surface area contributed by atoms with Crippen molar-refractivity contribution >= 4 is 58.4 Å². The SMILES string of the molecule is O=C(CSc1nc(-c2ccc(Cl)cc2)cs1)N/N=C/c1ccc(OCc2cccc(Cl)c2)cc1. The molecule has 0 unspecified atom stereocenters. The lowest BCUT2D eigenvalue weighted by atomic mass is 10.2. The maximum Gasteiger partial charge on any atom is 0.250 e. The molecule has 0 spiro atoms. The molecule has 4 rings (SSSR count). The van der Waals surface area contributed by atoms with Crippen LogP contribution in [0.15, 0.2) is 87.6 Å². The van der Waals surface area contributed by atoms with Crippen molar-refractivity contribution in [1.82, 2.24) is 10.4 Å². The van der Waals surface area contributed by atoms with E-state index in [9.17, 15) is 4.79 Å². The molecule has 0 aliphatic carbocycles. The molecule has 1 amide bonds. The van der Waals surface area contributed by atoms with Gasteiger partial charge in [-0.25, -0.2) is 10.4 Å². The lowest BCUT2D eigenvalue weighted by molar-refractivity contribution is -0.118. The van der Waals surface area contributed by atoms with Crippen molar-refractivity contribution in [1.29, 1.82) is 0 Å². The Balaban J connectivity index is 1.20. The Hall–Kier alpha value is -2.84. The zero-order valence-electron chi connectivity index (χ0n) is 17.8. The van der Waals surface area contributed by atoms with Crippen LogP contribution in [0, 0.1) is 0 Å². The second-order valence-corrected chi connectivity index (χ2v) is 10.0. The number of thioether (sulfide) groups is 1. The molecule has 1 N–H and O–H groups in total. The van der Waals surface area contributed by atoms with Gasteiger partial charge in [0.25, 0.3) is 5.91 Å². The molecule has 0 aliphatic heterocycles. The number of hydrogen-bond acceptors (Lipinski definition) is 6. The van der Waals surface area contributed by atoms with Crippen molar-refractivity contribution in [2.45, 2.75) is 10.9 Å². The van der Waals surface area contributed by atoms with Crippen LogP contribution in [-0.4, -0.2) is 22.9 Å². The molecule has 172 valence electrons. The summed E-state index contributed by atoms with van der Waals surface area (Å²) in [7, 11) is 0. The number of thiazole rings is 1. The van der Waals surface area contributed by atoms with Crippen molar-refractivity contribution in [2.75, 3.05) is 5.75 Å². The van der Waals surface area contributed by atoms with Crippen molar-refractivity contribution in [3.63, 3.8) is 0 Å². The van der Waals surface area contributed by atoms with E-state index in [-0.39, 0.29) is 11.7 Å². The van der Waals surface area contributed by atoms with Gasteiger partial charge < -0.3 is 4.74 Å². The fraction of sp³-hybridized carbons (Fsp3) is 0.0800. The molecule has 9 heteroatoms. The number of nitrogens with one attached hydrogen (secondary N) is 1. The van der Waals surface area contributed by atoms with Crippen LogP contribution in [0.5, 0.6) is 5.75 Å². The summed E-state index contributed by atoms with van der Waals surface area (Å²) in [5.41, 5.74) is 6.23. The predicted molar refractivity (Wildman–Crippen MR) is 141 cm³/mol. The number of rotatable bonds is 9. The fourth-order valence-corrected chi connectivity index (χ4v) is 4.83. The zero-order valence-corrected chi connectivity index (χ0v) is 20.9. The summed E-state index contributed by atoms with van der Waals surface area (Å²) in [4.78, 5) is 16.7. The first kappa shape index (κ1) is 24.3. The maximum atomic E-state index is 12.1. The van der Waals surface area contributed by atoms with Gasteiger partial charge in [-0.1, -0.05) is 59.2 Å². The number of carbonyl (C=O) groups excluding carboxylic acids is 1. The number of nitrogens with zero attached hydrogens (tertiary/aromatic N) is 2. The summed E-state index contributed by atoms with van der Waals surface area (Å²) in [6.45, 7) is 0.433. The Kier molecular flexibility index (Phi) is 8.60. The minimum absolute atomic E-state index is 0.203. The van der Waals surface area contributed by atoms with Crippen LogP contribution in [0.3, 0.4) is 0 Å². The molecule has 1 aromatic heterocycles. The number of amides is 1. The Morgan fingerprint density at radius 1 is 1.06 bits per heavy atom. The molecule has 0 fully saturated rings. The summed E-state index contributed by atoms with van der Waals surface area (Å²) in [6.07, 6.45) is 1.59. The van der Waals surface area contributed by atoms with Crippen molar-refractivity contribution in [3.8, 4) is 17.0 Å². The van der Waals surface area contributed by atoms with E-state index in [1.165, 1.54) is 23.1 Å². The normalized spacial score (nSPS) is 11.0. The molecule has 34 heavy (non-hydrogen) atoms. The Morgan fingerprint density at radius 3 is 2.62 bits per heavy atom. The number of carbonyl (C=O) groups is 1. The molecule has 1 heterocycles. The molecule has 0 radical (unpaired) electrons. The first-order valence-corrected chi connectivity index (χ1v) is 12.8. The zero-order chi connectivity index (χ0) is 23.8. The highest BCUT2D eigenvalue weighted by molar-refractivity contribution is 8.01. The van der Waals surface area contributed by atoms with Crippen molar-refractivity contribution < 1.29 is 9.53 Å². The monoisotopic (exact) mass is 527 g/mol. The quantitative estimate of drug-likeness (QED) is 0.145. The van der Waals surface area contributed by atoms with Crippen LogP contribution in [0.25, 0.3) is 11.3 Å². The average molecular weight is 528 g/mol. The van der Waals surface area contributed by atoms with Crippen LogP contribution in [0.2, 0.25) is 10.0 Å². The average Bonchev–Trinajstić information content (AvgIpc) is 3.32. The molecular formula is C25H19Cl2N3O2S2. The van der Waals surface area contributed by atoms with Crippen molar-refractivity contribution in [3.05, 3.63) is 99.3 Å². The van der Waals surface area contributed by atoms with E-state index in [4.69, 9.17) is 27.9 Å². The topological polar surface area (TPSA) is 63.6 Å². The summed E-state index contributed by atoms with van der Waals surface area (Å²) in [5, 5.41) is 7.35. The van der Waals surface area contributed by atoms with Gasteiger partial charge in [-0.05, 0) is 59.7 Å². The predicted octanol–water partition coefficient (Wildman–Crippen LogP) is 6.94. The Bertz CT molecular complexity index is 1280. The van der Waals surface area contributed by atoms with Gasteiger partial charge in [0.2, 0.25) is 0 Å². The molecule has 0 atom stereocenters. The van der Waals surface area contributed by atoms with Crippen molar-refractivity contribution in [2.24, 2.45) is 5.10 Å². The highest BCUT2D eigenvalue weighted by Crippen LogP contribution is 2.28. The van der Waals surface area contributed by atoms with Gasteiger partial charge >= 0.3 is 0 Å². The van der Waals surface area contributed by atoms with Crippen LogP contribution >= 0.6 is 46.3 Å². The van der Waals surface area contributed by atoms with E-state index in [0.29, 0.717) is 16.7 Å². The van der Waals surface area contributed by atoms with Gasteiger partial charge in [0.05, 0.1) is 17.7 Å². The third kappa shape index (κ3) is 7.33. The summed E-state index contributed by atoms with van der Waals surface area (Å²) in [6, 6.07) is 22.5. The van der Waals surface area contributed by atoms with E-state index >= 15 is 0 Å². The number of hydrogen-bond donors (Lipinski definition) is 1. The number of hydrazone groups is 1. The Morgan fingerprint density at radius 2 is 1.85 bits per heavy atom. The largest absolute Gasteiger partial charge is 0.489 e. The molecular weight excluding hydrogens is 509 g/mol. The lowest BCUT2D eigenvalue weighted by Crippen LogP contribution is -2.19. The van der Waals surface area contributed by atoms with Gasteiger partial charge in [0.1, 0.15) is 12.4 Å². The molecule has 3 aromatic carbocycles. The van der Waals surface area contributed by atoms with Gasteiger partial charge in [-0.3, -0.25) is 4.79 Å². The second kappa shape index (κ2) is 12.0. The standard InChI is InChI=1S/C25H19Cl2N3O2S2/c26-20-8-6-19(7-9-20)23-15-33-25(29-23)34-16-24(31)30-28-13-17-4-10-22(11-5-17)32-14-18-2-1-3-21(27)12-18/h1-13,15H,14,16H2,(H,30,31)/b28-13+. The molecule has 0 bridgehead atoms. The number of benzene rings is 3. The summed E-state index contributed by atoms with van der Waals surface area (Å²) < 4.78 is 6.58. The third-order valence-corrected chi connectivity index (χ3v) is 7.04. The van der Waals surface area contributed by atoms with E-state index in [1.807, 2.05) is 78.2 Å². The van der Waals surface area contributed by atoms with E-state index < -0.39 is 0 Å². The van der Waals surface area contributed by atoms with Gasteiger partial charge in [0.15, 0.2) is 4.34 Å². The van der Waals surface area contributed by atoms with Crippen LogP contribution in [0.1, 0.15) is 11.1 Å². The van der Waals surface area contributed by atoms with Crippen LogP contribution in [-0.2, 0) is 11.4 Å². The molecule has 5 nitrogen and oxygen atoms in total. The molecule has 4 aromatic rings. The van der Waals surface area contributed by atoms with Gasteiger partial charge in [-0.2, -0.15) is 5.10 Å². The van der Waals surface area contributed by atoms with E-state index in [0.717, 1.165) is 32.5 Å². The van der Waals surface area contributed by atoms with Crippen LogP contribution < -0.4 is 10.2 Å². The first-order chi connectivity index (χ1) is 16.5. The summed E-state index contributed by atoms with van der Waals surface area (Å²) in [5.74, 6) is 0.756. The third-order valence-electron chi connectivity index (χ3n) is 4.53. The minimum atomic E-state index is -0.203. The van der Waals surface area contributed by atoms with Gasteiger partial charge in [0, 0.05) is 21.0 Å². The Labute approximate surface area is 215 Å². The number of halogens is 2.